The number of hydrogen-bond donors (Lipinski definition) is 0. The van der Waals surface area contributed by atoms with Gasteiger partial charge in [0.1, 0.15) is 11.5 Å². The van der Waals surface area contributed by atoms with Gasteiger partial charge in [-0.15, -0.1) is 0 Å². The fourth-order valence-electron chi connectivity index (χ4n) is 1.90. The number of benzene rings is 1. The Balaban J connectivity index is 2.25. The van der Waals surface area contributed by atoms with E-state index in [1.54, 1.807) is 38.2 Å². The topological polar surface area (TPSA) is 33.2 Å². The average molecular weight is 293 g/mol. The number of carbonyl (C=O) groups excluding carboxylic acids is 1. The van der Waals surface area contributed by atoms with Gasteiger partial charge in [-0.1, -0.05) is 29.8 Å². The number of hydrogen-bond acceptors (Lipinski definition) is 2. The van der Waals surface area contributed by atoms with Gasteiger partial charge in [-0.2, -0.15) is 0 Å². The molecule has 1 atom stereocenters. The Morgan fingerprint density at radius 3 is 2.70 bits per heavy atom. The largest absolute Gasteiger partial charge is 0.334 e. The minimum Gasteiger partial charge on any atom is -0.334 e. The second-order valence-corrected chi connectivity index (χ2v) is 4.91. The quantitative estimate of drug-likeness (QED) is 0.864. The molecule has 0 N–H and O–H groups in total. The molecule has 0 radical (unpaired) electrons. The van der Waals surface area contributed by atoms with Crippen LogP contribution in [-0.2, 0) is 0 Å². The van der Waals surface area contributed by atoms with Gasteiger partial charge in [-0.3, -0.25) is 9.78 Å². The van der Waals surface area contributed by atoms with Gasteiger partial charge in [0.15, 0.2) is 0 Å². The van der Waals surface area contributed by atoms with Crippen LogP contribution in [0.15, 0.2) is 42.6 Å². The number of pyridine rings is 1. The summed E-state index contributed by atoms with van der Waals surface area (Å²) in [5.41, 5.74) is 0.702. The first kappa shape index (κ1) is 14.5. The summed E-state index contributed by atoms with van der Waals surface area (Å²) in [6, 6.07) is 9.09. The molecule has 1 aromatic carbocycles. The zero-order chi connectivity index (χ0) is 14.7. The van der Waals surface area contributed by atoms with E-state index >= 15 is 0 Å². The van der Waals surface area contributed by atoms with Crippen LogP contribution in [0.25, 0.3) is 0 Å². The summed E-state index contributed by atoms with van der Waals surface area (Å²) in [5.74, 6) is -0.637. The van der Waals surface area contributed by atoms with Crippen LogP contribution >= 0.6 is 11.6 Å². The summed E-state index contributed by atoms with van der Waals surface area (Å²) < 4.78 is 13.8. The van der Waals surface area contributed by atoms with Gasteiger partial charge in [-0.05, 0) is 25.1 Å². The van der Waals surface area contributed by atoms with Crippen LogP contribution < -0.4 is 0 Å². The van der Waals surface area contributed by atoms with Crippen LogP contribution in [0, 0.1) is 5.82 Å². The van der Waals surface area contributed by atoms with Crippen molar-refractivity contribution in [2.24, 2.45) is 0 Å². The van der Waals surface area contributed by atoms with Crippen LogP contribution in [0.4, 0.5) is 4.39 Å². The maximum Gasteiger partial charge on any atom is 0.272 e. The number of aromatic nitrogens is 1. The van der Waals surface area contributed by atoms with Crippen molar-refractivity contribution in [3.8, 4) is 0 Å². The van der Waals surface area contributed by atoms with E-state index in [1.165, 1.54) is 23.2 Å². The lowest BCUT2D eigenvalue weighted by molar-refractivity contribution is 0.0734. The minimum atomic E-state index is -0.399. The molecule has 0 aliphatic carbocycles. The third kappa shape index (κ3) is 2.96. The van der Waals surface area contributed by atoms with E-state index < -0.39 is 6.04 Å². The van der Waals surface area contributed by atoms with Crippen molar-refractivity contribution in [1.29, 1.82) is 0 Å². The summed E-state index contributed by atoms with van der Waals surface area (Å²) in [6.45, 7) is 1.76. The van der Waals surface area contributed by atoms with E-state index in [0.717, 1.165) is 0 Å². The number of carbonyl (C=O) groups is 1. The Morgan fingerprint density at radius 2 is 2.05 bits per heavy atom. The molecule has 1 amide bonds. The second kappa shape index (κ2) is 6.01. The molecule has 20 heavy (non-hydrogen) atoms. The lowest BCUT2D eigenvalue weighted by Gasteiger charge is -2.25. The summed E-state index contributed by atoms with van der Waals surface area (Å²) in [4.78, 5) is 17.7. The van der Waals surface area contributed by atoms with E-state index in [2.05, 4.69) is 4.98 Å². The van der Waals surface area contributed by atoms with Gasteiger partial charge in [-0.25, -0.2) is 4.39 Å². The van der Waals surface area contributed by atoms with E-state index in [4.69, 9.17) is 11.6 Å². The highest BCUT2D eigenvalue weighted by Crippen LogP contribution is 2.23. The van der Waals surface area contributed by atoms with Crippen LogP contribution in [0.1, 0.15) is 29.0 Å². The smallest absolute Gasteiger partial charge is 0.272 e. The highest BCUT2D eigenvalue weighted by Gasteiger charge is 2.21. The molecule has 0 bridgehead atoms. The Hall–Kier alpha value is -1.94. The molecule has 0 fully saturated rings. The fraction of sp³-hybridized carbons (Fsp3) is 0.200. The highest BCUT2D eigenvalue weighted by atomic mass is 35.5. The molecule has 3 nitrogen and oxygen atoms in total. The number of amides is 1. The Kier molecular flexibility index (Phi) is 4.35. The van der Waals surface area contributed by atoms with Crippen molar-refractivity contribution >= 4 is 17.5 Å². The van der Waals surface area contributed by atoms with Crippen molar-refractivity contribution in [3.63, 3.8) is 0 Å². The molecule has 0 aliphatic heterocycles. The SMILES string of the molecule is CC(c1ccccc1F)N(C)C(=O)c1cc(Cl)ccn1. The van der Waals surface area contributed by atoms with Gasteiger partial charge < -0.3 is 4.90 Å². The maximum atomic E-state index is 13.8. The Bertz CT molecular complexity index is 633. The van der Waals surface area contributed by atoms with Crippen molar-refractivity contribution < 1.29 is 9.18 Å². The summed E-state index contributed by atoms with van der Waals surface area (Å²) in [7, 11) is 1.61. The molecule has 2 rings (SSSR count). The van der Waals surface area contributed by atoms with E-state index in [-0.39, 0.29) is 17.4 Å². The minimum absolute atomic E-state index is 0.239. The van der Waals surface area contributed by atoms with E-state index in [0.29, 0.717) is 10.6 Å². The monoisotopic (exact) mass is 292 g/mol. The predicted octanol–water partition coefficient (Wildman–Crippen LogP) is 3.71. The van der Waals surface area contributed by atoms with E-state index in [9.17, 15) is 9.18 Å². The molecular weight excluding hydrogens is 279 g/mol. The van der Waals surface area contributed by atoms with Crippen molar-refractivity contribution in [1.82, 2.24) is 9.88 Å². The van der Waals surface area contributed by atoms with E-state index in [1.807, 2.05) is 0 Å². The zero-order valence-corrected chi connectivity index (χ0v) is 11.9. The molecule has 1 unspecified atom stereocenters. The number of halogens is 2. The fourth-order valence-corrected chi connectivity index (χ4v) is 2.06. The Labute approximate surface area is 122 Å². The molecule has 2 aromatic rings. The Morgan fingerprint density at radius 1 is 1.35 bits per heavy atom. The van der Waals surface area contributed by atoms with Gasteiger partial charge in [0.2, 0.25) is 0 Å². The summed E-state index contributed by atoms with van der Waals surface area (Å²) >= 11 is 5.84. The molecule has 0 aliphatic rings. The van der Waals surface area contributed by atoms with Crippen molar-refractivity contribution in [2.45, 2.75) is 13.0 Å². The van der Waals surface area contributed by atoms with Crippen LogP contribution in [0.5, 0.6) is 0 Å². The van der Waals surface area contributed by atoms with Crippen molar-refractivity contribution in [2.75, 3.05) is 7.05 Å². The molecule has 0 spiro atoms. The van der Waals surface area contributed by atoms with Gasteiger partial charge in [0.05, 0.1) is 6.04 Å². The number of rotatable bonds is 3. The molecule has 0 saturated heterocycles. The molecule has 1 heterocycles. The first-order valence-electron chi connectivity index (χ1n) is 6.14. The first-order valence-corrected chi connectivity index (χ1v) is 6.51. The van der Waals surface area contributed by atoms with Gasteiger partial charge >= 0.3 is 0 Å². The third-order valence-electron chi connectivity index (χ3n) is 3.20. The molecule has 104 valence electrons. The average Bonchev–Trinajstić information content (AvgIpc) is 2.45. The molecule has 5 heteroatoms. The van der Waals surface area contributed by atoms with Crippen LogP contribution in [0.2, 0.25) is 5.02 Å². The zero-order valence-electron chi connectivity index (χ0n) is 11.2. The van der Waals surface area contributed by atoms with Gasteiger partial charge in [0.25, 0.3) is 5.91 Å². The highest BCUT2D eigenvalue weighted by molar-refractivity contribution is 6.30. The van der Waals surface area contributed by atoms with Gasteiger partial charge in [0, 0.05) is 23.8 Å². The molecular formula is C15H14ClFN2O. The summed E-state index contributed by atoms with van der Waals surface area (Å²) in [6.07, 6.45) is 1.47. The summed E-state index contributed by atoms with van der Waals surface area (Å²) in [5, 5.41) is 0.440. The maximum absolute atomic E-state index is 13.8. The molecule has 0 saturated carbocycles. The lowest BCUT2D eigenvalue weighted by atomic mass is 10.1. The first-order chi connectivity index (χ1) is 9.50. The molecule has 1 aromatic heterocycles. The third-order valence-corrected chi connectivity index (χ3v) is 3.43. The van der Waals surface area contributed by atoms with Crippen LogP contribution in [0.3, 0.4) is 0 Å². The predicted molar refractivity (Wildman–Crippen MR) is 76.2 cm³/mol. The second-order valence-electron chi connectivity index (χ2n) is 4.47. The van der Waals surface area contributed by atoms with Crippen LogP contribution in [-0.4, -0.2) is 22.8 Å². The standard InChI is InChI=1S/C15H14ClFN2O/c1-10(12-5-3-4-6-13(12)17)19(2)15(20)14-9-11(16)7-8-18-14/h3-10H,1-2H3. The van der Waals surface area contributed by atoms with Crippen molar-refractivity contribution in [3.05, 3.63) is 64.7 Å². The normalized spacial score (nSPS) is 12.0. The number of nitrogens with zero attached hydrogens (tertiary/aromatic N) is 2. The lowest BCUT2D eigenvalue weighted by Crippen LogP contribution is -2.30.